The second-order valence-corrected chi connectivity index (χ2v) is 10.8. The van der Waals surface area contributed by atoms with Crippen molar-refractivity contribution in [2.24, 2.45) is 0 Å². The number of nitrogens with zero attached hydrogens (tertiary/aromatic N) is 2. The molecule has 0 bridgehead atoms. The summed E-state index contributed by atoms with van der Waals surface area (Å²) in [7, 11) is -2.52. The molecule has 8 nitrogen and oxygen atoms in total. The Bertz CT molecular complexity index is 1360. The predicted molar refractivity (Wildman–Crippen MR) is 142 cm³/mol. The van der Waals surface area contributed by atoms with Crippen LogP contribution in [0.5, 0.6) is 5.75 Å². The van der Waals surface area contributed by atoms with Crippen LogP contribution >= 0.6 is 0 Å². The maximum atomic E-state index is 13.6. The van der Waals surface area contributed by atoms with Gasteiger partial charge in [0.05, 0.1) is 17.7 Å². The van der Waals surface area contributed by atoms with Crippen molar-refractivity contribution in [2.75, 3.05) is 24.5 Å². The maximum absolute atomic E-state index is 13.6. The number of ether oxygens (including phenoxy) is 1. The predicted octanol–water partition coefficient (Wildman–Crippen LogP) is 3.64. The van der Waals surface area contributed by atoms with E-state index in [9.17, 15) is 18.0 Å². The molecule has 0 saturated carbocycles. The minimum atomic E-state index is -4.03. The van der Waals surface area contributed by atoms with Gasteiger partial charge in [-0.3, -0.25) is 13.9 Å². The summed E-state index contributed by atoms with van der Waals surface area (Å²) in [5, 5.41) is 2.86. The van der Waals surface area contributed by atoms with Crippen molar-refractivity contribution in [2.45, 2.75) is 37.8 Å². The molecule has 4 rings (SSSR count). The third kappa shape index (κ3) is 6.29. The normalized spacial score (nSPS) is 13.5. The number of nitrogens with one attached hydrogen (secondary N) is 1. The van der Waals surface area contributed by atoms with Crippen molar-refractivity contribution in [3.63, 3.8) is 0 Å². The van der Waals surface area contributed by atoms with Gasteiger partial charge in [0.2, 0.25) is 11.8 Å². The van der Waals surface area contributed by atoms with Crippen molar-refractivity contribution in [3.8, 4) is 5.75 Å². The SMILES string of the molecule is COc1ccc(S(=O)(=O)N(CC(=O)NCc2ccccc2CN2CCCC2=O)c2ccc(C)cc2)cc1. The van der Waals surface area contributed by atoms with E-state index in [4.69, 9.17) is 4.74 Å². The second kappa shape index (κ2) is 11.5. The highest BCUT2D eigenvalue weighted by atomic mass is 32.2. The van der Waals surface area contributed by atoms with Gasteiger partial charge in [-0.25, -0.2) is 8.42 Å². The van der Waals surface area contributed by atoms with E-state index in [0.717, 1.165) is 34.0 Å². The van der Waals surface area contributed by atoms with Crippen LogP contribution in [0.1, 0.15) is 29.5 Å². The topological polar surface area (TPSA) is 96.0 Å². The standard InChI is InChI=1S/C28H31N3O5S/c1-21-9-11-24(12-10-21)31(37(34,35)26-15-13-25(36-2)14-16-26)20-27(32)29-18-22-6-3-4-7-23(22)19-30-17-5-8-28(30)33/h3-4,6-7,9-16H,5,8,17-20H2,1-2H3,(H,29,32). The Kier molecular flexibility index (Phi) is 8.13. The second-order valence-electron chi connectivity index (χ2n) is 8.99. The first-order valence-corrected chi connectivity index (χ1v) is 13.6. The van der Waals surface area contributed by atoms with Crippen molar-refractivity contribution >= 4 is 27.5 Å². The average Bonchev–Trinajstić information content (AvgIpc) is 3.31. The van der Waals surface area contributed by atoms with Gasteiger partial charge < -0.3 is 15.0 Å². The molecule has 0 atom stereocenters. The number of sulfonamides is 1. The lowest BCUT2D eigenvalue weighted by Crippen LogP contribution is -2.40. The number of rotatable bonds is 10. The maximum Gasteiger partial charge on any atom is 0.264 e. The highest BCUT2D eigenvalue weighted by Crippen LogP contribution is 2.25. The average molecular weight is 522 g/mol. The molecular formula is C28H31N3O5S. The molecule has 37 heavy (non-hydrogen) atoms. The quantitative estimate of drug-likeness (QED) is 0.440. The van der Waals surface area contributed by atoms with Crippen molar-refractivity contribution in [3.05, 3.63) is 89.5 Å². The highest BCUT2D eigenvalue weighted by Gasteiger charge is 2.27. The Balaban J connectivity index is 1.52. The summed E-state index contributed by atoms with van der Waals surface area (Å²) in [6.07, 6.45) is 1.42. The molecule has 3 aromatic rings. The largest absolute Gasteiger partial charge is 0.497 e. The highest BCUT2D eigenvalue weighted by molar-refractivity contribution is 7.92. The lowest BCUT2D eigenvalue weighted by atomic mass is 10.1. The molecule has 1 aliphatic heterocycles. The lowest BCUT2D eigenvalue weighted by molar-refractivity contribution is -0.128. The third-order valence-corrected chi connectivity index (χ3v) is 8.17. The molecule has 0 aromatic heterocycles. The Labute approximate surface area is 217 Å². The van der Waals surface area contributed by atoms with Crippen LogP contribution < -0.4 is 14.4 Å². The number of anilines is 1. The summed E-state index contributed by atoms with van der Waals surface area (Å²) in [4.78, 5) is 27.0. The van der Waals surface area contributed by atoms with Gasteiger partial charge in [0.15, 0.2) is 0 Å². The number of carbonyl (C=O) groups excluding carboxylic acids is 2. The number of likely N-dealkylation sites (tertiary alicyclic amines) is 1. The van der Waals surface area contributed by atoms with E-state index in [1.807, 2.05) is 36.1 Å². The molecule has 194 valence electrons. The summed E-state index contributed by atoms with van der Waals surface area (Å²) in [6, 6.07) is 20.7. The van der Waals surface area contributed by atoms with Crippen molar-refractivity contribution < 1.29 is 22.7 Å². The molecule has 3 aromatic carbocycles. The van der Waals surface area contributed by atoms with Crippen LogP contribution in [0, 0.1) is 6.92 Å². The fourth-order valence-electron chi connectivity index (χ4n) is 4.24. The first kappa shape index (κ1) is 26.2. The van der Waals surface area contributed by atoms with E-state index in [1.54, 1.807) is 36.4 Å². The van der Waals surface area contributed by atoms with Crippen LogP contribution in [0.2, 0.25) is 0 Å². The van der Waals surface area contributed by atoms with Crippen molar-refractivity contribution in [1.29, 1.82) is 0 Å². The molecule has 1 fully saturated rings. The minimum absolute atomic E-state index is 0.0577. The molecule has 2 amide bonds. The van der Waals surface area contributed by atoms with Crippen LogP contribution in [0.3, 0.4) is 0 Å². The smallest absolute Gasteiger partial charge is 0.264 e. The molecule has 1 aliphatic rings. The third-order valence-electron chi connectivity index (χ3n) is 6.38. The number of hydrogen-bond acceptors (Lipinski definition) is 5. The van der Waals surface area contributed by atoms with Gasteiger partial charge in [0.25, 0.3) is 10.0 Å². The van der Waals surface area contributed by atoms with E-state index < -0.39 is 15.9 Å². The van der Waals surface area contributed by atoms with Gasteiger partial charge >= 0.3 is 0 Å². The molecule has 9 heteroatoms. The first-order valence-electron chi connectivity index (χ1n) is 12.1. The van der Waals surface area contributed by atoms with E-state index in [1.165, 1.54) is 19.2 Å². The van der Waals surface area contributed by atoms with Gasteiger partial charge in [-0.05, 0) is 60.9 Å². The Morgan fingerprint density at radius 1 is 1.00 bits per heavy atom. The van der Waals surface area contributed by atoms with Crippen LogP contribution in [0.15, 0.2) is 77.7 Å². The van der Waals surface area contributed by atoms with E-state index >= 15 is 0 Å². The summed E-state index contributed by atoms with van der Waals surface area (Å²) in [6.45, 7) is 2.97. The number of carbonyl (C=O) groups is 2. The summed E-state index contributed by atoms with van der Waals surface area (Å²) < 4.78 is 33.4. The molecule has 0 spiro atoms. The van der Waals surface area contributed by atoms with Gasteiger partial charge in [0.1, 0.15) is 12.3 Å². The fraction of sp³-hybridized carbons (Fsp3) is 0.286. The van der Waals surface area contributed by atoms with E-state index in [0.29, 0.717) is 24.4 Å². The van der Waals surface area contributed by atoms with Gasteiger partial charge in [-0.15, -0.1) is 0 Å². The molecule has 0 radical (unpaired) electrons. The molecular weight excluding hydrogens is 490 g/mol. The number of aryl methyl sites for hydroxylation is 1. The molecule has 0 aliphatic carbocycles. The van der Waals surface area contributed by atoms with E-state index in [2.05, 4.69) is 5.32 Å². The van der Waals surface area contributed by atoms with Crippen LogP contribution in [-0.4, -0.2) is 45.3 Å². The number of benzene rings is 3. The molecule has 0 unspecified atom stereocenters. The monoisotopic (exact) mass is 521 g/mol. The van der Waals surface area contributed by atoms with Crippen LogP contribution in [0.25, 0.3) is 0 Å². The van der Waals surface area contributed by atoms with Gasteiger partial charge in [-0.1, -0.05) is 42.0 Å². The zero-order chi connectivity index (χ0) is 26.4. The Morgan fingerprint density at radius 3 is 2.30 bits per heavy atom. The summed E-state index contributed by atoms with van der Waals surface area (Å²) in [5.41, 5.74) is 3.21. The zero-order valence-corrected chi connectivity index (χ0v) is 21.8. The zero-order valence-electron chi connectivity index (χ0n) is 21.0. The van der Waals surface area contributed by atoms with Gasteiger partial charge in [0, 0.05) is 26.1 Å². The first-order chi connectivity index (χ1) is 17.8. The number of amides is 2. The fourth-order valence-corrected chi connectivity index (χ4v) is 5.66. The Hall–Kier alpha value is -3.85. The molecule has 1 N–H and O–H groups in total. The van der Waals surface area contributed by atoms with Crippen molar-refractivity contribution in [1.82, 2.24) is 10.2 Å². The minimum Gasteiger partial charge on any atom is -0.497 e. The number of hydrogen-bond donors (Lipinski definition) is 1. The Morgan fingerprint density at radius 2 is 1.68 bits per heavy atom. The van der Waals surface area contributed by atoms with Crippen LogP contribution in [-0.2, 0) is 32.7 Å². The molecule has 1 saturated heterocycles. The van der Waals surface area contributed by atoms with Crippen LogP contribution in [0.4, 0.5) is 5.69 Å². The molecule has 1 heterocycles. The lowest BCUT2D eigenvalue weighted by Gasteiger charge is -2.24. The van der Waals surface area contributed by atoms with E-state index in [-0.39, 0.29) is 23.9 Å². The number of methoxy groups -OCH3 is 1. The summed E-state index contributed by atoms with van der Waals surface area (Å²) in [5.74, 6) is 0.230. The summed E-state index contributed by atoms with van der Waals surface area (Å²) >= 11 is 0. The van der Waals surface area contributed by atoms with Gasteiger partial charge in [-0.2, -0.15) is 0 Å².